The molecule has 0 amide bonds. The van der Waals surface area contributed by atoms with Gasteiger partial charge in [-0.2, -0.15) is 0 Å². The van der Waals surface area contributed by atoms with Gasteiger partial charge < -0.3 is 4.74 Å². The maximum atomic E-state index is 12.0. The van der Waals surface area contributed by atoms with Crippen LogP contribution in [0.3, 0.4) is 0 Å². The molecule has 0 atom stereocenters. The molecule has 2 rings (SSSR count). The molecule has 0 saturated carbocycles. The van der Waals surface area contributed by atoms with Gasteiger partial charge in [0.25, 0.3) is 0 Å². The highest BCUT2D eigenvalue weighted by atomic mass is 35.5. The fraction of sp³-hybridized carbons (Fsp3) is 0.143. The summed E-state index contributed by atoms with van der Waals surface area (Å²) in [6.07, 6.45) is 1.83. The SMILES string of the molecule is COc1ccc(CC(=O)c2cc(Cl)ccn2)cc1. The predicted octanol–water partition coefficient (Wildman–Crippen LogP) is 3.17. The Labute approximate surface area is 110 Å². The summed E-state index contributed by atoms with van der Waals surface area (Å²) in [5, 5.41) is 0.517. The highest BCUT2D eigenvalue weighted by molar-refractivity contribution is 6.30. The summed E-state index contributed by atoms with van der Waals surface area (Å²) < 4.78 is 5.06. The number of nitrogens with zero attached hydrogens (tertiary/aromatic N) is 1. The number of ether oxygens (including phenoxy) is 1. The maximum Gasteiger partial charge on any atom is 0.185 e. The minimum atomic E-state index is -0.0531. The Morgan fingerprint density at radius 1 is 1.28 bits per heavy atom. The van der Waals surface area contributed by atoms with Crippen molar-refractivity contribution >= 4 is 17.4 Å². The van der Waals surface area contributed by atoms with Gasteiger partial charge in [0.1, 0.15) is 11.4 Å². The van der Waals surface area contributed by atoms with Crippen LogP contribution >= 0.6 is 11.6 Å². The first-order valence-electron chi connectivity index (χ1n) is 5.47. The number of benzene rings is 1. The third kappa shape index (κ3) is 3.08. The molecule has 3 nitrogen and oxygen atoms in total. The fourth-order valence-corrected chi connectivity index (χ4v) is 1.74. The van der Waals surface area contributed by atoms with E-state index in [0.29, 0.717) is 17.1 Å². The van der Waals surface area contributed by atoms with E-state index in [-0.39, 0.29) is 5.78 Å². The zero-order valence-electron chi connectivity index (χ0n) is 9.89. The van der Waals surface area contributed by atoms with E-state index < -0.39 is 0 Å². The molecule has 0 bridgehead atoms. The topological polar surface area (TPSA) is 39.2 Å². The molecule has 18 heavy (non-hydrogen) atoms. The van der Waals surface area contributed by atoms with Gasteiger partial charge in [-0.1, -0.05) is 23.7 Å². The van der Waals surface area contributed by atoms with E-state index in [1.165, 1.54) is 6.20 Å². The highest BCUT2D eigenvalue weighted by Gasteiger charge is 2.09. The van der Waals surface area contributed by atoms with Crippen LogP contribution in [0.4, 0.5) is 0 Å². The fourth-order valence-electron chi connectivity index (χ4n) is 1.58. The predicted molar refractivity (Wildman–Crippen MR) is 70.3 cm³/mol. The van der Waals surface area contributed by atoms with Crippen LogP contribution in [0, 0.1) is 0 Å². The number of halogens is 1. The summed E-state index contributed by atoms with van der Waals surface area (Å²) in [7, 11) is 1.61. The molecule has 0 aliphatic rings. The molecule has 0 aliphatic heterocycles. The molecule has 92 valence electrons. The number of pyridine rings is 1. The lowest BCUT2D eigenvalue weighted by molar-refractivity contribution is 0.0988. The molecular formula is C14H12ClNO2. The number of aromatic nitrogens is 1. The van der Waals surface area contributed by atoms with Gasteiger partial charge in [0, 0.05) is 17.6 Å². The molecule has 1 aromatic heterocycles. The van der Waals surface area contributed by atoms with Crippen LogP contribution in [0.5, 0.6) is 5.75 Å². The van der Waals surface area contributed by atoms with Crippen molar-refractivity contribution in [2.24, 2.45) is 0 Å². The first kappa shape index (κ1) is 12.6. The molecule has 1 aromatic carbocycles. The average Bonchev–Trinajstić information content (AvgIpc) is 2.39. The number of rotatable bonds is 4. The Kier molecular flexibility index (Phi) is 3.95. The van der Waals surface area contributed by atoms with E-state index in [2.05, 4.69) is 4.98 Å². The van der Waals surface area contributed by atoms with Gasteiger partial charge >= 0.3 is 0 Å². The molecule has 0 aliphatic carbocycles. The number of carbonyl (C=O) groups excluding carboxylic acids is 1. The average molecular weight is 262 g/mol. The van der Waals surface area contributed by atoms with E-state index in [1.807, 2.05) is 24.3 Å². The smallest absolute Gasteiger partial charge is 0.185 e. The standard InChI is InChI=1S/C14H12ClNO2/c1-18-12-4-2-10(3-5-12)8-14(17)13-9-11(15)6-7-16-13/h2-7,9H,8H2,1H3. The molecule has 0 saturated heterocycles. The Balaban J connectivity index is 2.11. The number of hydrogen-bond donors (Lipinski definition) is 0. The van der Waals surface area contributed by atoms with Crippen LogP contribution in [0.2, 0.25) is 5.02 Å². The van der Waals surface area contributed by atoms with E-state index in [0.717, 1.165) is 11.3 Å². The zero-order chi connectivity index (χ0) is 13.0. The molecule has 0 N–H and O–H groups in total. The van der Waals surface area contributed by atoms with Crippen LogP contribution in [0.1, 0.15) is 16.1 Å². The zero-order valence-corrected chi connectivity index (χ0v) is 10.6. The van der Waals surface area contributed by atoms with Gasteiger partial charge in [0.2, 0.25) is 0 Å². The maximum absolute atomic E-state index is 12.0. The number of hydrogen-bond acceptors (Lipinski definition) is 3. The van der Waals surface area contributed by atoms with Gasteiger partial charge in [-0.05, 0) is 29.8 Å². The van der Waals surface area contributed by atoms with Crippen molar-refractivity contribution in [1.82, 2.24) is 4.98 Å². The summed E-state index contributed by atoms with van der Waals surface area (Å²) >= 11 is 5.82. The van der Waals surface area contributed by atoms with Crippen LogP contribution in [0.25, 0.3) is 0 Å². The number of methoxy groups -OCH3 is 1. The van der Waals surface area contributed by atoms with E-state index in [4.69, 9.17) is 16.3 Å². The number of Topliss-reactive ketones (excluding diaryl/α,β-unsaturated/α-hetero) is 1. The monoisotopic (exact) mass is 261 g/mol. The lowest BCUT2D eigenvalue weighted by Crippen LogP contribution is -2.05. The summed E-state index contributed by atoms with van der Waals surface area (Å²) in [4.78, 5) is 16.0. The number of carbonyl (C=O) groups is 1. The third-order valence-corrected chi connectivity index (χ3v) is 2.77. The Morgan fingerprint density at radius 2 is 2.00 bits per heavy atom. The Bertz CT molecular complexity index is 552. The van der Waals surface area contributed by atoms with Crippen molar-refractivity contribution in [2.75, 3.05) is 7.11 Å². The van der Waals surface area contributed by atoms with Gasteiger partial charge in [-0.15, -0.1) is 0 Å². The highest BCUT2D eigenvalue weighted by Crippen LogP contribution is 2.14. The van der Waals surface area contributed by atoms with Crippen molar-refractivity contribution in [3.05, 3.63) is 58.9 Å². The van der Waals surface area contributed by atoms with Crippen LogP contribution < -0.4 is 4.74 Å². The second-order valence-electron chi connectivity index (χ2n) is 3.81. The molecule has 2 aromatic rings. The molecule has 0 unspecified atom stereocenters. The van der Waals surface area contributed by atoms with Gasteiger partial charge in [-0.25, -0.2) is 0 Å². The number of ketones is 1. The minimum Gasteiger partial charge on any atom is -0.497 e. The molecule has 4 heteroatoms. The second-order valence-corrected chi connectivity index (χ2v) is 4.24. The summed E-state index contributed by atoms with van der Waals surface area (Å²) in [5.41, 5.74) is 1.31. The van der Waals surface area contributed by atoms with E-state index >= 15 is 0 Å². The van der Waals surface area contributed by atoms with Crippen molar-refractivity contribution in [1.29, 1.82) is 0 Å². The largest absolute Gasteiger partial charge is 0.497 e. The molecular weight excluding hydrogens is 250 g/mol. The van der Waals surface area contributed by atoms with Crippen LogP contribution in [-0.2, 0) is 6.42 Å². The minimum absolute atomic E-state index is 0.0531. The second kappa shape index (κ2) is 5.65. The van der Waals surface area contributed by atoms with E-state index in [1.54, 1.807) is 19.2 Å². The van der Waals surface area contributed by atoms with Gasteiger partial charge in [-0.3, -0.25) is 9.78 Å². The lowest BCUT2D eigenvalue weighted by atomic mass is 10.1. The quantitative estimate of drug-likeness (QED) is 0.794. The molecule has 0 fully saturated rings. The summed E-state index contributed by atoms with van der Waals surface area (Å²) in [6.45, 7) is 0. The van der Waals surface area contributed by atoms with Crippen molar-refractivity contribution in [3.8, 4) is 5.75 Å². The molecule has 0 spiro atoms. The van der Waals surface area contributed by atoms with Gasteiger partial charge in [0.15, 0.2) is 5.78 Å². The van der Waals surface area contributed by atoms with Gasteiger partial charge in [0.05, 0.1) is 7.11 Å². The van der Waals surface area contributed by atoms with E-state index in [9.17, 15) is 4.79 Å². The first-order valence-corrected chi connectivity index (χ1v) is 5.84. The summed E-state index contributed by atoms with van der Waals surface area (Å²) in [5.74, 6) is 0.717. The third-order valence-electron chi connectivity index (χ3n) is 2.53. The van der Waals surface area contributed by atoms with Crippen molar-refractivity contribution in [3.63, 3.8) is 0 Å². The Hall–Kier alpha value is -1.87. The normalized spacial score (nSPS) is 10.1. The first-order chi connectivity index (χ1) is 8.69. The van der Waals surface area contributed by atoms with Crippen LogP contribution in [-0.4, -0.2) is 17.9 Å². The molecule has 0 radical (unpaired) electrons. The van der Waals surface area contributed by atoms with Crippen molar-refractivity contribution in [2.45, 2.75) is 6.42 Å². The molecule has 1 heterocycles. The van der Waals surface area contributed by atoms with Crippen molar-refractivity contribution < 1.29 is 9.53 Å². The lowest BCUT2D eigenvalue weighted by Gasteiger charge is -2.03. The Morgan fingerprint density at radius 3 is 2.61 bits per heavy atom. The van der Waals surface area contributed by atoms with Crippen LogP contribution in [0.15, 0.2) is 42.6 Å². The summed E-state index contributed by atoms with van der Waals surface area (Å²) in [6, 6.07) is 10.6.